The van der Waals surface area contributed by atoms with Gasteiger partial charge in [-0.2, -0.15) is 5.10 Å². The van der Waals surface area contributed by atoms with Crippen LogP contribution in [0.1, 0.15) is 22.7 Å². The fourth-order valence-corrected chi connectivity index (χ4v) is 1.73. The van der Waals surface area contributed by atoms with Crippen LogP contribution < -0.4 is 5.73 Å². The van der Waals surface area contributed by atoms with Crippen molar-refractivity contribution in [2.75, 3.05) is 0 Å². The molecule has 2 heterocycles. The van der Waals surface area contributed by atoms with Gasteiger partial charge in [-0.3, -0.25) is 4.68 Å². The molecule has 0 radical (unpaired) electrons. The molecule has 2 aromatic heterocycles. The van der Waals surface area contributed by atoms with Gasteiger partial charge >= 0.3 is 0 Å². The van der Waals surface area contributed by atoms with E-state index in [0.717, 1.165) is 22.7 Å². The van der Waals surface area contributed by atoms with Crippen LogP contribution in [-0.2, 0) is 13.1 Å². The summed E-state index contributed by atoms with van der Waals surface area (Å²) in [4.78, 5) is 0. The quantitative estimate of drug-likeness (QED) is 0.894. The van der Waals surface area contributed by atoms with Crippen molar-refractivity contribution in [3.05, 3.63) is 40.1 Å². The zero-order valence-electron chi connectivity index (χ0n) is 9.33. The van der Waals surface area contributed by atoms with Crippen molar-refractivity contribution in [1.82, 2.24) is 9.78 Å². The van der Waals surface area contributed by atoms with Crippen LogP contribution in [0.2, 0.25) is 5.02 Å². The van der Waals surface area contributed by atoms with Gasteiger partial charge in [0.25, 0.3) is 0 Å². The van der Waals surface area contributed by atoms with Crippen molar-refractivity contribution in [2.24, 2.45) is 5.73 Å². The van der Waals surface area contributed by atoms with Crippen LogP contribution in [0, 0.1) is 13.8 Å². The number of aromatic nitrogens is 2. The lowest BCUT2D eigenvalue weighted by molar-refractivity contribution is 0.474. The highest BCUT2D eigenvalue weighted by molar-refractivity contribution is 6.31. The Morgan fingerprint density at radius 2 is 2.25 bits per heavy atom. The summed E-state index contributed by atoms with van der Waals surface area (Å²) in [6.07, 6.45) is 1.67. The molecule has 0 bridgehead atoms. The molecule has 2 rings (SSSR count). The first-order chi connectivity index (χ1) is 7.61. The van der Waals surface area contributed by atoms with Crippen molar-refractivity contribution in [3.63, 3.8) is 0 Å². The van der Waals surface area contributed by atoms with Crippen molar-refractivity contribution in [1.29, 1.82) is 0 Å². The Morgan fingerprint density at radius 1 is 1.50 bits per heavy atom. The van der Waals surface area contributed by atoms with Crippen molar-refractivity contribution >= 4 is 11.6 Å². The number of hydrogen-bond acceptors (Lipinski definition) is 3. The molecule has 5 heteroatoms. The molecular weight excluding hydrogens is 226 g/mol. The Labute approximate surface area is 99.0 Å². The predicted octanol–water partition coefficient (Wildman–Crippen LogP) is 2.25. The molecule has 0 aliphatic rings. The smallest absolute Gasteiger partial charge is 0.125 e. The molecule has 0 saturated carbocycles. The topological polar surface area (TPSA) is 57.0 Å². The minimum Gasteiger partial charge on any atom is -0.467 e. The first-order valence-corrected chi connectivity index (χ1v) is 5.45. The average molecular weight is 240 g/mol. The van der Waals surface area contributed by atoms with Crippen LogP contribution in [0.4, 0.5) is 0 Å². The van der Waals surface area contributed by atoms with E-state index in [1.54, 1.807) is 6.26 Å². The molecule has 16 heavy (non-hydrogen) atoms. The molecule has 0 saturated heterocycles. The summed E-state index contributed by atoms with van der Waals surface area (Å²) in [5, 5.41) is 5.05. The van der Waals surface area contributed by atoms with E-state index in [1.165, 1.54) is 0 Å². The fraction of sp³-hybridized carbons (Fsp3) is 0.364. The van der Waals surface area contributed by atoms with Crippen LogP contribution >= 0.6 is 11.6 Å². The first-order valence-electron chi connectivity index (χ1n) is 5.07. The molecule has 0 aliphatic carbocycles. The standard InChI is InChI=1S/C11H14ClN3O/c1-7-11(12)8(2)15(14-7)5-10-3-9(4-13)6-16-10/h3,6H,4-5,13H2,1-2H3. The summed E-state index contributed by atoms with van der Waals surface area (Å²) in [5.41, 5.74) is 8.29. The zero-order valence-corrected chi connectivity index (χ0v) is 10.1. The molecule has 86 valence electrons. The van der Waals surface area contributed by atoms with E-state index >= 15 is 0 Å². The summed E-state index contributed by atoms with van der Waals surface area (Å²) >= 11 is 6.06. The Balaban J connectivity index is 2.23. The van der Waals surface area contributed by atoms with E-state index in [1.807, 2.05) is 24.6 Å². The monoisotopic (exact) mass is 239 g/mol. The predicted molar refractivity (Wildman–Crippen MR) is 62.4 cm³/mol. The van der Waals surface area contributed by atoms with Crippen molar-refractivity contribution < 1.29 is 4.42 Å². The highest BCUT2D eigenvalue weighted by Crippen LogP contribution is 2.20. The van der Waals surface area contributed by atoms with E-state index in [2.05, 4.69) is 5.10 Å². The van der Waals surface area contributed by atoms with E-state index in [0.29, 0.717) is 18.1 Å². The highest BCUT2D eigenvalue weighted by Gasteiger charge is 2.10. The minimum absolute atomic E-state index is 0.487. The lowest BCUT2D eigenvalue weighted by Gasteiger charge is -2.00. The summed E-state index contributed by atoms with van der Waals surface area (Å²) in [5.74, 6) is 0.836. The zero-order chi connectivity index (χ0) is 11.7. The lowest BCUT2D eigenvalue weighted by atomic mass is 10.3. The maximum atomic E-state index is 6.06. The summed E-state index contributed by atoms with van der Waals surface area (Å²) in [7, 11) is 0. The minimum atomic E-state index is 0.487. The summed E-state index contributed by atoms with van der Waals surface area (Å²) in [6.45, 7) is 4.90. The molecule has 0 spiro atoms. The molecule has 0 aromatic carbocycles. The Kier molecular flexibility index (Phi) is 3.03. The van der Waals surface area contributed by atoms with Gasteiger partial charge in [-0.05, 0) is 19.9 Å². The summed E-state index contributed by atoms with van der Waals surface area (Å²) < 4.78 is 7.21. The second kappa shape index (κ2) is 4.31. The Morgan fingerprint density at radius 3 is 2.75 bits per heavy atom. The summed E-state index contributed by atoms with van der Waals surface area (Å²) in [6, 6.07) is 1.93. The van der Waals surface area contributed by atoms with Gasteiger partial charge in [0, 0.05) is 12.1 Å². The van der Waals surface area contributed by atoms with E-state index < -0.39 is 0 Å². The number of nitrogens with two attached hydrogens (primary N) is 1. The first kappa shape index (κ1) is 11.2. The molecule has 0 aliphatic heterocycles. The fourth-order valence-electron chi connectivity index (χ4n) is 1.59. The second-order valence-corrected chi connectivity index (χ2v) is 4.15. The van der Waals surface area contributed by atoms with Gasteiger partial charge in [0.05, 0.1) is 29.2 Å². The van der Waals surface area contributed by atoms with Crippen LogP contribution in [-0.4, -0.2) is 9.78 Å². The van der Waals surface area contributed by atoms with Crippen molar-refractivity contribution in [2.45, 2.75) is 26.9 Å². The largest absolute Gasteiger partial charge is 0.467 e. The normalized spacial score (nSPS) is 11.0. The van der Waals surface area contributed by atoms with Gasteiger partial charge in [-0.25, -0.2) is 0 Å². The van der Waals surface area contributed by atoms with Crippen LogP contribution in [0.3, 0.4) is 0 Å². The van der Waals surface area contributed by atoms with Crippen LogP contribution in [0.25, 0.3) is 0 Å². The molecule has 0 unspecified atom stereocenters. The van der Waals surface area contributed by atoms with Gasteiger partial charge in [0.15, 0.2) is 0 Å². The highest BCUT2D eigenvalue weighted by atomic mass is 35.5. The van der Waals surface area contributed by atoms with E-state index in [9.17, 15) is 0 Å². The number of furan rings is 1. The van der Waals surface area contributed by atoms with Crippen LogP contribution in [0.15, 0.2) is 16.7 Å². The second-order valence-electron chi connectivity index (χ2n) is 3.77. The molecule has 0 amide bonds. The number of hydrogen-bond donors (Lipinski definition) is 1. The van der Waals surface area contributed by atoms with Crippen molar-refractivity contribution in [3.8, 4) is 0 Å². The maximum Gasteiger partial charge on any atom is 0.125 e. The molecule has 0 fully saturated rings. The van der Waals surface area contributed by atoms with E-state index in [-0.39, 0.29) is 0 Å². The van der Waals surface area contributed by atoms with Crippen LogP contribution in [0.5, 0.6) is 0 Å². The lowest BCUT2D eigenvalue weighted by Crippen LogP contribution is -2.03. The Hall–Kier alpha value is -1.26. The van der Waals surface area contributed by atoms with Gasteiger partial charge in [0.2, 0.25) is 0 Å². The number of halogens is 1. The van der Waals surface area contributed by atoms with Gasteiger partial charge in [0.1, 0.15) is 5.76 Å². The SMILES string of the molecule is Cc1nn(Cc2cc(CN)co2)c(C)c1Cl. The molecule has 0 atom stereocenters. The number of aryl methyl sites for hydroxylation is 1. The average Bonchev–Trinajstić information content (AvgIpc) is 2.81. The number of rotatable bonds is 3. The van der Waals surface area contributed by atoms with Gasteiger partial charge in [-0.15, -0.1) is 0 Å². The molecular formula is C11H14ClN3O. The molecule has 4 nitrogen and oxygen atoms in total. The maximum absolute atomic E-state index is 6.06. The Bertz CT molecular complexity index is 501. The third-order valence-electron chi connectivity index (χ3n) is 2.54. The third kappa shape index (κ3) is 1.99. The van der Waals surface area contributed by atoms with Gasteiger partial charge < -0.3 is 10.2 Å². The van der Waals surface area contributed by atoms with Gasteiger partial charge in [-0.1, -0.05) is 11.6 Å². The molecule has 2 N–H and O–H groups in total. The third-order valence-corrected chi connectivity index (χ3v) is 3.09. The van der Waals surface area contributed by atoms with E-state index in [4.69, 9.17) is 21.8 Å². The number of nitrogens with zero attached hydrogens (tertiary/aromatic N) is 2. The molecule has 2 aromatic rings.